The lowest BCUT2D eigenvalue weighted by Crippen LogP contribution is -2.28. The van der Waals surface area contributed by atoms with Gasteiger partial charge in [0, 0.05) is 30.7 Å². The Morgan fingerprint density at radius 1 is 1.24 bits per heavy atom. The molecule has 1 saturated carbocycles. The minimum absolute atomic E-state index is 0.0571. The average molecular weight is 311 g/mol. The van der Waals surface area contributed by atoms with E-state index in [4.69, 9.17) is 10.5 Å². The molecule has 5 heteroatoms. The number of nitrogens with two attached hydrogens (primary N) is 1. The monoisotopic (exact) mass is 311 g/mol. The molecule has 2 rings (SSSR count). The van der Waals surface area contributed by atoms with Crippen LogP contribution in [0.2, 0.25) is 0 Å². The summed E-state index contributed by atoms with van der Waals surface area (Å²) in [6, 6.07) is 8.21. The van der Waals surface area contributed by atoms with Crippen LogP contribution in [0.4, 0.5) is 0 Å². The van der Waals surface area contributed by atoms with Crippen LogP contribution in [-0.2, 0) is 21.0 Å². The lowest BCUT2D eigenvalue weighted by Gasteiger charge is -2.14. The third kappa shape index (κ3) is 2.74. The van der Waals surface area contributed by atoms with Gasteiger partial charge in [0.2, 0.25) is 0 Å². The Morgan fingerprint density at radius 2 is 1.86 bits per heavy atom. The van der Waals surface area contributed by atoms with Gasteiger partial charge in [0.05, 0.1) is 11.9 Å². The zero-order valence-electron chi connectivity index (χ0n) is 13.0. The first kappa shape index (κ1) is 16.5. The maximum absolute atomic E-state index is 12.4. The molecule has 0 spiro atoms. The summed E-state index contributed by atoms with van der Waals surface area (Å²) in [5, 5.41) is -0.424. The van der Waals surface area contributed by atoms with Gasteiger partial charge in [-0.25, -0.2) is 8.42 Å². The van der Waals surface area contributed by atoms with Gasteiger partial charge in [0.15, 0.2) is 9.84 Å². The summed E-state index contributed by atoms with van der Waals surface area (Å²) in [5.41, 5.74) is 7.76. The van der Waals surface area contributed by atoms with Gasteiger partial charge >= 0.3 is 0 Å². The molecule has 3 atom stereocenters. The summed E-state index contributed by atoms with van der Waals surface area (Å²) in [7, 11) is -1.54. The van der Waals surface area contributed by atoms with E-state index in [-0.39, 0.29) is 11.7 Å². The molecular formula is C16H25NO3S. The molecular weight excluding hydrogens is 286 g/mol. The van der Waals surface area contributed by atoms with Gasteiger partial charge < -0.3 is 10.5 Å². The summed E-state index contributed by atoms with van der Waals surface area (Å²) in [4.78, 5) is 0. The minimum atomic E-state index is -3.14. The molecule has 1 aliphatic carbocycles. The van der Waals surface area contributed by atoms with Crippen molar-refractivity contribution in [1.82, 2.24) is 0 Å². The van der Waals surface area contributed by atoms with Crippen molar-refractivity contribution in [2.45, 2.75) is 31.4 Å². The number of benzene rings is 1. The molecule has 118 valence electrons. The Balaban J connectivity index is 2.39. The largest absolute Gasteiger partial charge is 0.384 e. The van der Waals surface area contributed by atoms with Crippen molar-refractivity contribution in [3.63, 3.8) is 0 Å². The molecule has 0 aromatic heterocycles. The van der Waals surface area contributed by atoms with Gasteiger partial charge in [-0.15, -0.1) is 0 Å². The van der Waals surface area contributed by atoms with Crippen molar-refractivity contribution in [2.75, 3.05) is 26.0 Å². The van der Waals surface area contributed by atoms with Crippen LogP contribution in [0, 0.1) is 5.41 Å². The number of hydrogen-bond donors (Lipinski definition) is 1. The Morgan fingerprint density at radius 3 is 2.29 bits per heavy atom. The maximum atomic E-state index is 12.4. The third-order valence-corrected chi connectivity index (χ3v) is 7.03. The smallest absolute Gasteiger partial charge is 0.154 e. The highest BCUT2D eigenvalue weighted by Gasteiger charge is 2.69. The molecule has 0 bridgehead atoms. The molecule has 1 aromatic carbocycles. The van der Waals surface area contributed by atoms with E-state index in [1.165, 1.54) is 5.56 Å². The normalized spacial score (nSPS) is 28.6. The molecule has 21 heavy (non-hydrogen) atoms. The second-order valence-electron chi connectivity index (χ2n) is 5.82. The van der Waals surface area contributed by atoms with Gasteiger partial charge in [-0.1, -0.05) is 38.1 Å². The molecule has 1 aromatic rings. The molecule has 0 amide bonds. The van der Waals surface area contributed by atoms with Crippen LogP contribution in [-0.4, -0.2) is 39.7 Å². The van der Waals surface area contributed by atoms with E-state index >= 15 is 0 Å². The fraction of sp³-hybridized carbons (Fsp3) is 0.625. The molecule has 2 N–H and O–H groups in total. The lowest BCUT2D eigenvalue weighted by molar-refractivity contribution is 0.142. The molecule has 0 aliphatic heterocycles. The third-order valence-electron chi connectivity index (χ3n) is 4.71. The van der Waals surface area contributed by atoms with E-state index < -0.39 is 20.5 Å². The fourth-order valence-electron chi connectivity index (χ4n) is 3.41. The van der Waals surface area contributed by atoms with Crippen molar-refractivity contribution in [3.05, 3.63) is 35.4 Å². The summed E-state index contributed by atoms with van der Waals surface area (Å²) >= 11 is 0. The van der Waals surface area contributed by atoms with E-state index in [0.717, 1.165) is 12.0 Å². The Labute approximate surface area is 127 Å². The highest BCUT2D eigenvalue weighted by atomic mass is 32.2. The molecule has 0 radical (unpaired) electrons. The van der Waals surface area contributed by atoms with E-state index in [1.54, 1.807) is 14.0 Å². The lowest BCUT2D eigenvalue weighted by atomic mass is 9.99. The van der Waals surface area contributed by atoms with Crippen LogP contribution in [0.25, 0.3) is 0 Å². The number of methoxy groups -OCH3 is 1. The Hall–Kier alpha value is -0.910. The van der Waals surface area contributed by atoms with Crippen molar-refractivity contribution < 1.29 is 13.2 Å². The Bertz CT molecular complexity index is 582. The molecule has 0 saturated heterocycles. The topological polar surface area (TPSA) is 69.4 Å². The van der Waals surface area contributed by atoms with Crippen molar-refractivity contribution in [2.24, 2.45) is 11.1 Å². The highest BCUT2D eigenvalue weighted by Crippen LogP contribution is 2.62. The van der Waals surface area contributed by atoms with Gasteiger partial charge in [0.1, 0.15) is 0 Å². The molecule has 0 heterocycles. The van der Waals surface area contributed by atoms with Crippen LogP contribution in [0.15, 0.2) is 24.3 Å². The molecule has 4 nitrogen and oxygen atoms in total. The van der Waals surface area contributed by atoms with E-state index in [0.29, 0.717) is 13.2 Å². The predicted octanol–water partition coefficient (Wildman–Crippen LogP) is 1.74. The van der Waals surface area contributed by atoms with Crippen LogP contribution >= 0.6 is 0 Å². The summed E-state index contributed by atoms with van der Waals surface area (Å²) in [6.45, 7) is 4.50. The average Bonchev–Trinajstić information content (AvgIpc) is 3.18. The van der Waals surface area contributed by atoms with Crippen LogP contribution in [0.5, 0.6) is 0 Å². The number of hydrogen-bond acceptors (Lipinski definition) is 4. The van der Waals surface area contributed by atoms with E-state index in [1.807, 2.05) is 12.1 Å². The minimum Gasteiger partial charge on any atom is -0.384 e. The first-order chi connectivity index (χ1) is 9.96. The summed E-state index contributed by atoms with van der Waals surface area (Å²) < 4.78 is 30.1. The number of aryl methyl sites for hydroxylation is 1. The number of ether oxygens (including phenoxy) is 1. The van der Waals surface area contributed by atoms with Crippen LogP contribution < -0.4 is 5.73 Å². The first-order valence-electron chi connectivity index (χ1n) is 7.46. The van der Waals surface area contributed by atoms with Crippen LogP contribution in [0.3, 0.4) is 0 Å². The fourth-order valence-corrected chi connectivity index (χ4v) is 5.56. The second-order valence-corrected chi connectivity index (χ2v) is 8.23. The number of rotatable bonds is 7. The quantitative estimate of drug-likeness (QED) is 0.833. The van der Waals surface area contributed by atoms with Gasteiger partial charge in [-0.2, -0.15) is 0 Å². The summed E-state index contributed by atoms with van der Waals surface area (Å²) in [6.07, 6.45) is 0.974. The van der Waals surface area contributed by atoms with E-state index in [9.17, 15) is 8.42 Å². The van der Waals surface area contributed by atoms with Gasteiger partial charge in [0.25, 0.3) is 0 Å². The molecule has 1 aliphatic rings. The Kier molecular flexibility index (Phi) is 4.76. The zero-order chi connectivity index (χ0) is 15.7. The SMILES string of the molecule is CCc1ccc([C@@H]2[C@@H](S(=O)(=O)CC)[C@@]2(CN)COC)cc1. The first-order valence-corrected chi connectivity index (χ1v) is 9.17. The van der Waals surface area contributed by atoms with Gasteiger partial charge in [-0.3, -0.25) is 0 Å². The number of sulfone groups is 1. The maximum Gasteiger partial charge on any atom is 0.154 e. The van der Waals surface area contributed by atoms with Crippen molar-refractivity contribution in [3.8, 4) is 0 Å². The standard InChI is InChI=1S/C16H25NO3S/c1-4-12-6-8-13(9-7-12)14-15(21(18,19)5-2)16(14,10-17)11-20-3/h6-9,14-15H,4-5,10-11,17H2,1-3H3/t14-,15-,16+/m1/s1. The molecule has 1 fully saturated rings. The summed E-state index contributed by atoms with van der Waals surface area (Å²) in [5.74, 6) is 0.0884. The van der Waals surface area contributed by atoms with Gasteiger partial charge in [-0.05, 0) is 17.5 Å². The van der Waals surface area contributed by atoms with Crippen molar-refractivity contribution >= 4 is 9.84 Å². The van der Waals surface area contributed by atoms with E-state index in [2.05, 4.69) is 19.1 Å². The van der Waals surface area contributed by atoms with Crippen LogP contribution in [0.1, 0.15) is 30.9 Å². The van der Waals surface area contributed by atoms with Crippen molar-refractivity contribution in [1.29, 1.82) is 0 Å². The second kappa shape index (κ2) is 6.07. The molecule has 0 unspecified atom stereocenters. The predicted molar refractivity (Wildman–Crippen MR) is 85.2 cm³/mol. The highest BCUT2D eigenvalue weighted by molar-refractivity contribution is 7.92. The zero-order valence-corrected chi connectivity index (χ0v) is 13.8.